The largest absolute Gasteiger partial charge is 0.394 e. The molecule has 1 heterocycles. The van der Waals surface area contributed by atoms with Gasteiger partial charge >= 0.3 is 0 Å². The van der Waals surface area contributed by atoms with Gasteiger partial charge in [0.2, 0.25) is 5.91 Å². The Labute approximate surface area is 122 Å². The van der Waals surface area contributed by atoms with E-state index in [9.17, 15) is 14.7 Å². The lowest BCUT2D eigenvalue weighted by Crippen LogP contribution is -2.55. The molecule has 1 aliphatic rings. The lowest BCUT2D eigenvalue weighted by molar-refractivity contribution is -0.125. The number of nitrogens with one attached hydrogen (secondary N) is 2. The second-order valence-electron chi connectivity index (χ2n) is 5.31. The minimum atomic E-state index is -0.617. The van der Waals surface area contributed by atoms with Crippen LogP contribution in [0.25, 0.3) is 0 Å². The molecule has 0 aliphatic heterocycles. The molecule has 1 aliphatic carbocycles. The summed E-state index contributed by atoms with van der Waals surface area (Å²) >= 11 is 1.34. The van der Waals surface area contributed by atoms with Gasteiger partial charge in [0.05, 0.1) is 17.0 Å². The van der Waals surface area contributed by atoms with Crippen LogP contribution in [0.2, 0.25) is 0 Å². The number of hydrogen-bond donors (Lipinski definition) is 3. The third kappa shape index (κ3) is 3.37. The first-order valence-electron chi connectivity index (χ1n) is 6.84. The Morgan fingerprint density at radius 1 is 1.45 bits per heavy atom. The topological polar surface area (TPSA) is 78.4 Å². The molecule has 1 fully saturated rings. The van der Waals surface area contributed by atoms with E-state index in [4.69, 9.17) is 0 Å². The molecule has 20 heavy (non-hydrogen) atoms. The molecule has 1 aromatic rings. The van der Waals surface area contributed by atoms with Crippen LogP contribution in [0.4, 0.5) is 0 Å². The van der Waals surface area contributed by atoms with Gasteiger partial charge in [-0.2, -0.15) is 0 Å². The van der Waals surface area contributed by atoms with Gasteiger partial charge < -0.3 is 15.7 Å². The van der Waals surface area contributed by atoms with Crippen molar-refractivity contribution in [2.45, 2.75) is 44.2 Å². The summed E-state index contributed by atoms with van der Waals surface area (Å²) in [7, 11) is 0. The zero-order valence-electron chi connectivity index (χ0n) is 11.5. The molecule has 0 radical (unpaired) electrons. The third-order valence-corrected chi connectivity index (χ3v) is 4.61. The van der Waals surface area contributed by atoms with Gasteiger partial charge in [-0.1, -0.05) is 18.9 Å². The molecule has 6 heteroatoms. The highest BCUT2D eigenvalue weighted by Crippen LogP contribution is 2.29. The van der Waals surface area contributed by atoms with Crippen molar-refractivity contribution in [1.29, 1.82) is 0 Å². The van der Waals surface area contributed by atoms with Crippen LogP contribution in [0.5, 0.6) is 0 Å². The van der Waals surface area contributed by atoms with E-state index in [0.29, 0.717) is 4.88 Å². The van der Waals surface area contributed by atoms with Crippen LogP contribution in [0.15, 0.2) is 17.5 Å². The average Bonchev–Trinajstić information content (AvgIpc) is 3.10. The second kappa shape index (κ2) is 6.37. The first-order valence-corrected chi connectivity index (χ1v) is 7.71. The Kier molecular flexibility index (Phi) is 4.77. The van der Waals surface area contributed by atoms with Gasteiger partial charge in [0.15, 0.2) is 0 Å². The van der Waals surface area contributed by atoms with E-state index in [1.54, 1.807) is 19.1 Å². The van der Waals surface area contributed by atoms with E-state index in [1.807, 2.05) is 5.38 Å². The van der Waals surface area contributed by atoms with Gasteiger partial charge in [-0.15, -0.1) is 11.3 Å². The van der Waals surface area contributed by atoms with Gasteiger partial charge in [0.25, 0.3) is 5.91 Å². The maximum absolute atomic E-state index is 12.1. The molecular formula is C14H20N2O3S. The molecule has 1 unspecified atom stereocenters. The summed E-state index contributed by atoms with van der Waals surface area (Å²) in [5.41, 5.74) is -0.501. The summed E-state index contributed by atoms with van der Waals surface area (Å²) in [6, 6.07) is 2.90. The number of aliphatic hydroxyl groups excluding tert-OH is 1. The first-order chi connectivity index (χ1) is 9.56. The predicted octanol–water partition coefficient (Wildman–Crippen LogP) is 1.29. The molecular weight excluding hydrogens is 276 g/mol. The molecule has 110 valence electrons. The monoisotopic (exact) mass is 296 g/mol. The normalized spacial score (nSPS) is 18.5. The summed E-state index contributed by atoms with van der Waals surface area (Å²) in [4.78, 5) is 24.6. The van der Waals surface area contributed by atoms with Gasteiger partial charge in [-0.05, 0) is 31.2 Å². The van der Waals surface area contributed by atoms with E-state index in [0.717, 1.165) is 25.7 Å². The molecule has 0 spiro atoms. The minimum absolute atomic E-state index is 0.0513. The van der Waals surface area contributed by atoms with Crippen molar-refractivity contribution >= 4 is 23.2 Å². The van der Waals surface area contributed by atoms with Crippen molar-refractivity contribution in [3.63, 3.8) is 0 Å². The molecule has 2 rings (SSSR count). The van der Waals surface area contributed by atoms with Crippen molar-refractivity contribution in [2.24, 2.45) is 0 Å². The van der Waals surface area contributed by atoms with Crippen LogP contribution in [0.3, 0.4) is 0 Å². The van der Waals surface area contributed by atoms with Crippen molar-refractivity contribution < 1.29 is 14.7 Å². The number of carbonyl (C=O) groups excluding carboxylic acids is 2. The Morgan fingerprint density at radius 3 is 2.70 bits per heavy atom. The van der Waals surface area contributed by atoms with Crippen LogP contribution in [0, 0.1) is 0 Å². The highest BCUT2D eigenvalue weighted by Gasteiger charge is 2.35. The maximum atomic E-state index is 12.1. The fourth-order valence-corrected chi connectivity index (χ4v) is 3.11. The number of carbonyl (C=O) groups is 2. The number of aliphatic hydroxyl groups is 1. The van der Waals surface area contributed by atoms with Crippen molar-refractivity contribution in [3.8, 4) is 0 Å². The van der Waals surface area contributed by atoms with Crippen LogP contribution >= 0.6 is 11.3 Å². The van der Waals surface area contributed by atoms with Crippen molar-refractivity contribution in [3.05, 3.63) is 22.4 Å². The third-order valence-electron chi connectivity index (χ3n) is 3.74. The number of rotatable bonds is 5. The van der Waals surface area contributed by atoms with E-state index < -0.39 is 11.6 Å². The summed E-state index contributed by atoms with van der Waals surface area (Å²) < 4.78 is 0. The Bertz CT molecular complexity index is 467. The fraction of sp³-hybridized carbons (Fsp3) is 0.571. The average molecular weight is 296 g/mol. The van der Waals surface area contributed by atoms with E-state index in [-0.39, 0.29) is 18.4 Å². The SMILES string of the molecule is CC(NC(=O)c1cccs1)C(=O)NC1(CO)CCCC1. The zero-order chi connectivity index (χ0) is 14.6. The number of amides is 2. The summed E-state index contributed by atoms with van der Waals surface area (Å²) in [6.45, 7) is 1.60. The molecule has 1 saturated carbocycles. The summed E-state index contributed by atoms with van der Waals surface area (Å²) in [5, 5.41) is 16.9. The Balaban J connectivity index is 1.90. The van der Waals surface area contributed by atoms with Crippen molar-refractivity contribution in [2.75, 3.05) is 6.61 Å². The second-order valence-corrected chi connectivity index (χ2v) is 6.25. The smallest absolute Gasteiger partial charge is 0.261 e. The van der Waals surface area contributed by atoms with Crippen LogP contribution in [0.1, 0.15) is 42.3 Å². The van der Waals surface area contributed by atoms with Gasteiger partial charge in [-0.25, -0.2) is 0 Å². The van der Waals surface area contributed by atoms with E-state index >= 15 is 0 Å². The molecule has 2 amide bonds. The quantitative estimate of drug-likeness (QED) is 0.766. The van der Waals surface area contributed by atoms with E-state index in [2.05, 4.69) is 10.6 Å². The standard InChI is InChI=1S/C14H20N2O3S/c1-10(15-13(19)11-5-4-8-20-11)12(18)16-14(9-17)6-2-3-7-14/h4-5,8,10,17H,2-3,6-7,9H2,1H3,(H,15,19)(H,16,18). The van der Waals surface area contributed by atoms with Crippen LogP contribution < -0.4 is 10.6 Å². The highest BCUT2D eigenvalue weighted by molar-refractivity contribution is 7.12. The Hall–Kier alpha value is -1.40. The van der Waals surface area contributed by atoms with Gasteiger partial charge in [0, 0.05) is 0 Å². The minimum Gasteiger partial charge on any atom is -0.394 e. The lowest BCUT2D eigenvalue weighted by atomic mass is 9.98. The van der Waals surface area contributed by atoms with Crippen LogP contribution in [-0.4, -0.2) is 35.1 Å². The molecule has 3 N–H and O–H groups in total. The molecule has 5 nitrogen and oxygen atoms in total. The maximum Gasteiger partial charge on any atom is 0.261 e. The lowest BCUT2D eigenvalue weighted by Gasteiger charge is -2.29. The fourth-order valence-electron chi connectivity index (χ4n) is 2.49. The number of thiophene rings is 1. The molecule has 1 aromatic heterocycles. The van der Waals surface area contributed by atoms with E-state index in [1.165, 1.54) is 11.3 Å². The predicted molar refractivity (Wildman–Crippen MR) is 77.7 cm³/mol. The highest BCUT2D eigenvalue weighted by atomic mass is 32.1. The van der Waals surface area contributed by atoms with Gasteiger partial charge in [0.1, 0.15) is 6.04 Å². The molecule has 1 atom stereocenters. The van der Waals surface area contributed by atoms with Gasteiger partial charge in [-0.3, -0.25) is 9.59 Å². The number of hydrogen-bond acceptors (Lipinski definition) is 4. The summed E-state index contributed by atoms with van der Waals surface area (Å²) in [5.74, 6) is -0.488. The molecule has 0 bridgehead atoms. The zero-order valence-corrected chi connectivity index (χ0v) is 12.3. The molecule has 0 saturated heterocycles. The van der Waals surface area contributed by atoms with Crippen LogP contribution in [-0.2, 0) is 4.79 Å². The Morgan fingerprint density at radius 2 is 2.15 bits per heavy atom. The summed E-state index contributed by atoms with van der Waals surface area (Å²) in [6.07, 6.45) is 3.61. The first kappa shape index (κ1) is 15.0. The van der Waals surface area contributed by atoms with Crippen molar-refractivity contribution in [1.82, 2.24) is 10.6 Å². The molecule has 0 aromatic carbocycles.